The number of sulfonamides is 1. The van der Waals surface area contributed by atoms with Crippen molar-refractivity contribution in [1.82, 2.24) is 4.72 Å². The molecular weight excluding hydrogens is 348 g/mol. The lowest BCUT2D eigenvalue weighted by atomic mass is 10.2. The molecule has 1 aromatic carbocycles. The number of carbonyl (C=O) groups excluding carboxylic acids is 1. The smallest absolute Gasteiger partial charge is 0.241 e. The van der Waals surface area contributed by atoms with E-state index in [2.05, 4.69) is 4.72 Å². The second kappa shape index (κ2) is 7.00. The number of anilines is 1. The Morgan fingerprint density at radius 1 is 1.38 bits per heavy atom. The molecule has 0 spiro atoms. The van der Waals surface area contributed by atoms with Gasteiger partial charge in [0.15, 0.2) is 0 Å². The average Bonchev–Trinajstić information content (AvgIpc) is 2.97. The van der Waals surface area contributed by atoms with E-state index in [4.69, 9.17) is 4.42 Å². The lowest BCUT2D eigenvalue weighted by Gasteiger charge is -2.21. The number of benzene rings is 1. The van der Waals surface area contributed by atoms with Gasteiger partial charge < -0.3 is 9.32 Å². The molecule has 1 N–H and O–H groups in total. The number of hydrogen-bond donors (Lipinski definition) is 1. The third-order valence-electron chi connectivity index (χ3n) is 3.71. The number of fused-ring (bicyclic) bond motifs is 1. The first-order valence-electron chi connectivity index (χ1n) is 7.54. The average molecular weight is 366 g/mol. The minimum Gasteiger partial charge on any atom is -0.468 e. The van der Waals surface area contributed by atoms with Crippen LogP contribution < -0.4 is 9.62 Å². The summed E-state index contributed by atoms with van der Waals surface area (Å²) in [5.74, 6) is 1.35. The van der Waals surface area contributed by atoms with Crippen molar-refractivity contribution in [2.75, 3.05) is 17.2 Å². The Bertz CT molecular complexity index is 832. The van der Waals surface area contributed by atoms with E-state index >= 15 is 0 Å². The zero-order chi connectivity index (χ0) is 17.2. The molecule has 0 aliphatic carbocycles. The van der Waals surface area contributed by atoms with Gasteiger partial charge in [0.05, 0.1) is 23.4 Å². The SMILES string of the molecule is CC(=O)N1CCCSc2ccc(S(=O)(=O)NCc3ccco3)cc21. The van der Waals surface area contributed by atoms with E-state index in [0.717, 1.165) is 17.1 Å². The summed E-state index contributed by atoms with van der Waals surface area (Å²) >= 11 is 1.64. The van der Waals surface area contributed by atoms with E-state index in [1.807, 2.05) is 0 Å². The maximum absolute atomic E-state index is 12.5. The van der Waals surface area contributed by atoms with Crippen LogP contribution in [-0.2, 0) is 21.4 Å². The van der Waals surface area contributed by atoms with Crippen molar-refractivity contribution >= 4 is 33.4 Å². The van der Waals surface area contributed by atoms with Crippen molar-refractivity contribution in [3.8, 4) is 0 Å². The van der Waals surface area contributed by atoms with Crippen LogP contribution in [-0.4, -0.2) is 26.6 Å². The number of carbonyl (C=O) groups is 1. The standard InChI is InChI=1S/C16H18N2O4S2/c1-12(19)18-7-3-9-23-16-6-5-14(10-15(16)18)24(20,21)17-11-13-4-2-8-22-13/h2,4-6,8,10,17H,3,7,9,11H2,1H3. The van der Waals surface area contributed by atoms with Gasteiger partial charge in [-0.05, 0) is 42.5 Å². The van der Waals surface area contributed by atoms with E-state index in [0.29, 0.717) is 18.0 Å². The summed E-state index contributed by atoms with van der Waals surface area (Å²) in [4.78, 5) is 14.6. The fraction of sp³-hybridized carbons (Fsp3) is 0.312. The summed E-state index contributed by atoms with van der Waals surface area (Å²) in [6, 6.07) is 8.31. The Kier molecular flexibility index (Phi) is 4.98. The first-order valence-corrected chi connectivity index (χ1v) is 10.0. The Morgan fingerprint density at radius 2 is 2.21 bits per heavy atom. The summed E-state index contributed by atoms with van der Waals surface area (Å²) in [6.07, 6.45) is 2.37. The molecule has 1 aliphatic rings. The number of thioether (sulfide) groups is 1. The lowest BCUT2D eigenvalue weighted by molar-refractivity contribution is -0.116. The maximum Gasteiger partial charge on any atom is 0.241 e. The van der Waals surface area contributed by atoms with Crippen LogP contribution in [0.15, 0.2) is 50.8 Å². The molecule has 0 atom stereocenters. The molecule has 0 saturated heterocycles. The summed E-state index contributed by atoms with van der Waals surface area (Å²) in [5.41, 5.74) is 0.658. The van der Waals surface area contributed by atoms with Crippen molar-refractivity contribution in [2.45, 2.75) is 29.7 Å². The van der Waals surface area contributed by atoms with Gasteiger partial charge in [0, 0.05) is 18.4 Å². The van der Waals surface area contributed by atoms with Crippen LogP contribution >= 0.6 is 11.8 Å². The van der Waals surface area contributed by atoms with Crippen molar-refractivity contribution in [2.24, 2.45) is 0 Å². The molecule has 2 aromatic rings. The Balaban J connectivity index is 1.90. The number of amides is 1. The van der Waals surface area contributed by atoms with Crippen LogP contribution in [0.3, 0.4) is 0 Å². The summed E-state index contributed by atoms with van der Waals surface area (Å²) in [6.45, 7) is 2.17. The molecule has 1 amide bonds. The summed E-state index contributed by atoms with van der Waals surface area (Å²) < 4.78 is 32.7. The first kappa shape index (κ1) is 17.1. The molecule has 0 radical (unpaired) electrons. The molecular formula is C16H18N2O4S2. The maximum atomic E-state index is 12.5. The molecule has 0 bridgehead atoms. The van der Waals surface area contributed by atoms with Gasteiger partial charge in [0.25, 0.3) is 0 Å². The molecule has 3 rings (SSSR count). The summed E-state index contributed by atoms with van der Waals surface area (Å²) in [5, 5.41) is 0. The molecule has 0 unspecified atom stereocenters. The lowest BCUT2D eigenvalue weighted by Crippen LogP contribution is -2.30. The largest absolute Gasteiger partial charge is 0.468 e. The quantitative estimate of drug-likeness (QED) is 0.900. The van der Waals surface area contributed by atoms with E-state index in [9.17, 15) is 13.2 Å². The normalized spacial score (nSPS) is 15.0. The fourth-order valence-electron chi connectivity index (χ4n) is 2.51. The van der Waals surface area contributed by atoms with Crippen molar-refractivity contribution < 1.29 is 17.6 Å². The second-order valence-corrected chi connectivity index (χ2v) is 8.31. The highest BCUT2D eigenvalue weighted by molar-refractivity contribution is 7.99. The molecule has 24 heavy (non-hydrogen) atoms. The van der Waals surface area contributed by atoms with Gasteiger partial charge >= 0.3 is 0 Å². The summed E-state index contributed by atoms with van der Waals surface area (Å²) in [7, 11) is -3.69. The van der Waals surface area contributed by atoms with E-state index in [1.165, 1.54) is 13.2 Å². The highest BCUT2D eigenvalue weighted by Crippen LogP contribution is 2.35. The third-order valence-corrected chi connectivity index (χ3v) is 6.26. The van der Waals surface area contributed by atoms with Crippen LogP contribution in [0.4, 0.5) is 5.69 Å². The van der Waals surface area contributed by atoms with E-state index in [-0.39, 0.29) is 17.3 Å². The van der Waals surface area contributed by atoms with E-state index < -0.39 is 10.0 Å². The number of hydrogen-bond acceptors (Lipinski definition) is 5. The Labute approximate surface area is 145 Å². The first-order chi connectivity index (χ1) is 11.5. The van der Waals surface area contributed by atoms with Gasteiger partial charge in [-0.25, -0.2) is 13.1 Å². The van der Waals surface area contributed by atoms with Gasteiger partial charge in [-0.1, -0.05) is 0 Å². The predicted octanol–water partition coefficient (Wildman–Crippen LogP) is 2.61. The third kappa shape index (κ3) is 3.66. The second-order valence-electron chi connectivity index (χ2n) is 5.41. The van der Waals surface area contributed by atoms with Crippen LogP contribution in [0, 0.1) is 0 Å². The molecule has 2 heterocycles. The van der Waals surface area contributed by atoms with Gasteiger partial charge in [-0.3, -0.25) is 4.79 Å². The number of rotatable bonds is 4. The Morgan fingerprint density at radius 3 is 2.92 bits per heavy atom. The van der Waals surface area contributed by atoms with Crippen molar-refractivity contribution in [1.29, 1.82) is 0 Å². The van der Waals surface area contributed by atoms with Gasteiger partial charge in [0.2, 0.25) is 15.9 Å². The van der Waals surface area contributed by atoms with Crippen molar-refractivity contribution in [3.05, 3.63) is 42.4 Å². The number of nitrogens with zero attached hydrogens (tertiary/aromatic N) is 1. The minimum atomic E-state index is -3.69. The minimum absolute atomic E-state index is 0.0809. The zero-order valence-corrected chi connectivity index (χ0v) is 14.8. The molecule has 128 valence electrons. The fourth-order valence-corrected chi connectivity index (χ4v) is 4.50. The highest BCUT2D eigenvalue weighted by Gasteiger charge is 2.23. The number of nitrogens with one attached hydrogen (secondary N) is 1. The van der Waals surface area contributed by atoms with Crippen LogP contribution in [0.1, 0.15) is 19.1 Å². The molecule has 6 nitrogen and oxygen atoms in total. The molecule has 0 fully saturated rings. The van der Waals surface area contributed by atoms with E-state index in [1.54, 1.807) is 47.0 Å². The predicted molar refractivity (Wildman–Crippen MR) is 92.5 cm³/mol. The molecule has 1 aromatic heterocycles. The van der Waals surface area contributed by atoms with Gasteiger partial charge in [-0.15, -0.1) is 11.8 Å². The van der Waals surface area contributed by atoms with Crippen LogP contribution in [0.5, 0.6) is 0 Å². The zero-order valence-electron chi connectivity index (χ0n) is 13.2. The highest BCUT2D eigenvalue weighted by atomic mass is 32.2. The molecule has 1 aliphatic heterocycles. The Hall–Kier alpha value is -1.77. The molecule has 0 saturated carbocycles. The topological polar surface area (TPSA) is 79.6 Å². The van der Waals surface area contributed by atoms with Crippen molar-refractivity contribution in [3.63, 3.8) is 0 Å². The number of furan rings is 1. The van der Waals surface area contributed by atoms with Gasteiger partial charge in [0.1, 0.15) is 5.76 Å². The molecule has 8 heteroatoms. The van der Waals surface area contributed by atoms with Crippen LogP contribution in [0.25, 0.3) is 0 Å². The van der Waals surface area contributed by atoms with Gasteiger partial charge in [-0.2, -0.15) is 0 Å². The van der Waals surface area contributed by atoms with Crippen LogP contribution in [0.2, 0.25) is 0 Å². The monoisotopic (exact) mass is 366 g/mol.